The number of unbranched alkanes of at least 4 members (excludes halogenated alkanes) is 43. The molecule has 3 N–H and O–H groups in total. The van der Waals surface area contributed by atoms with Crippen molar-refractivity contribution >= 4 is 11.9 Å². The zero-order chi connectivity index (χ0) is 52.9. The Hall–Kier alpha value is -2.18. The summed E-state index contributed by atoms with van der Waals surface area (Å²) in [5.41, 5.74) is 0. The molecule has 0 rings (SSSR count). The van der Waals surface area contributed by atoms with E-state index in [2.05, 4.69) is 55.6 Å². The first kappa shape index (κ1) is 70.8. The van der Waals surface area contributed by atoms with E-state index in [1.807, 2.05) is 6.08 Å². The van der Waals surface area contributed by atoms with Crippen LogP contribution in [0.25, 0.3) is 0 Å². The molecule has 0 radical (unpaired) electrons. The average Bonchev–Trinajstić information content (AvgIpc) is 3.39. The van der Waals surface area contributed by atoms with E-state index in [4.69, 9.17) is 4.74 Å². The Labute approximate surface area is 455 Å². The molecule has 1 amide bonds. The summed E-state index contributed by atoms with van der Waals surface area (Å²) in [5.74, 6) is -0.0645. The van der Waals surface area contributed by atoms with Crippen LogP contribution in [0.2, 0.25) is 0 Å². The monoisotopic (exact) mass is 1020 g/mol. The van der Waals surface area contributed by atoms with Crippen molar-refractivity contribution in [1.29, 1.82) is 0 Å². The molecular formula is C67H125NO5. The average molecular weight is 1020 g/mol. The van der Waals surface area contributed by atoms with Gasteiger partial charge in [0.25, 0.3) is 0 Å². The molecule has 0 fully saturated rings. The fraction of sp³-hybridized carbons (Fsp3) is 0.851. The molecule has 428 valence electrons. The molecule has 0 heterocycles. The number of esters is 1. The van der Waals surface area contributed by atoms with Crippen LogP contribution in [0.4, 0.5) is 0 Å². The van der Waals surface area contributed by atoms with E-state index < -0.39 is 12.1 Å². The first-order valence-electron chi connectivity index (χ1n) is 32.4. The summed E-state index contributed by atoms with van der Waals surface area (Å²) in [6.45, 7) is 4.86. The SMILES string of the molecule is CCCCC/C=C\C/C=C\CCCCCCCC(=O)OCCCCCCCCCCCCCC/C=C\CCCCCCCCCCCCCCCCCC(=O)NC(CO)C(O)/C=C/CCCCCCCCCC. The molecule has 6 heteroatoms. The number of ether oxygens (including phenoxy) is 1. The smallest absolute Gasteiger partial charge is 0.305 e. The second-order valence-electron chi connectivity index (χ2n) is 22.1. The van der Waals surface area contributed by atoms with Crippen LogP contribution in [0.5, 0.6) is 0 Å². The lowest BCUT2D eigenvalue weighted by atomic mass is 10.0. The van der Waals surface area contributed by atoms with E-state index >= 15 is 0 Å². The number of aliphatic hydroxyl groups is 2. The minimum absolute atomic E-state index is 0.00301. The number of amides is 1. The lowest BCUT2D eigenvalue weighted by Gasteiger charge is -2.20. The summed E-state index contributed by atoms with van der Waals surface area (Å²) < 4.78 is 5.48. The fourth-order valence-corrected chi connectivity index (χ4v) is 9.84. The van der Waals surface area contributed by atoms with Gasteiger partial charge in [0.2, 0.25) is 5.91 Å². The summed E-state index contributed by atoms with van der Waals surface area (Å²) in [6.07, 6.45) is 80.4. The van der Waals surface area contributed by atoms with Crippen molar-refractivity contribution in [3.63, 3.8) is 0 Å². The molecule has 0 aliphatic carbocycles. The normalized spacial score (nSPS) is 12.9. The van der Waals surface area contributed by atoms with Crippen LogP contribution in [0.3, 0.4) is 0 Å². The van der Waals surface area contributed by atoms with Crippen LogP contribution in [0, 0.1) is 0 Å². The topological polar surface area (TPSA) is 95.9 Å². The van der Waals surface area contributed by atoms with E-state index in [0.29, 0.717) is 19.4 Å². The van der Waals surface area contributed by atoms with Crippen LogP contribution in [-0.4, -0.2) is 47.4 Å². The van der Waals surface area contributed by atoms with Gasteiger partial charge in [-0.2, -0.15) is 0 Å². The maximum atomic E-state index is 12.4. The molecular weight excluding hydrogens is 899 g/mol. The first-order valence-corrected chi connectivity index (χ1v) is 32.4. The third-order valence-electron chi connectivity index (χ3n) is 14.8. The van der Waals surface area contributed by atoms with Crippen LogP contribution in [-0.2, 0) is 14.3 Å². The van der Waals surface area contributed by atoms with Crippen LogP contribution >= 0.6 is 0 Å². The Kier molecular flexibility index (Phi) is 60.5. The number of nitrogens with one attached hydrogen (secondary N) is 1. The summed E-state index contributed by atoms with van der Waals surface area (Å²) >= 11 is 0. The third-order valence-corrected chi connectivity index (χ3v) is 14.8. The maximum absolute atomic E-state index is 12.4. The van der Waals surface area contributed by atoms with E-state index in [1.165, 1.54) is 263 Å². The summed E-state index contributed by atoms with van der Waals surface area (Å²) in [6, 6.07) is -0.625. The van der Waals surface area contributed by atoms with Crippen LogP contribution in [0.1, 0.15) is 341 Å². The Bertz CT molecular complexity index is 1230. The highest BCUT2D eigenvalue weighted by molar-refractivity contribution is 5.76. The Morgan fingerprint density at radius 2 is 0.685 bits per heavy atom. The number of aliphatic hydroxyl groups excluding tert-OH is 2. The lowest BCUT2D eigenvalue weighted by Crippen LogP contribution is -2.45. The molecule has 0 aromatic rings. The van der Waals surface area contributed by atoms with Gasteiger partial charge in [-0.05, 0) is 89.9 Å². The van der Waals surface area contributed by atoms with Gasteiger partial charge in [-0.3, -0.25) is 9.59 Å². The molecule has 6 nitrogen and oxygen atoms in total. The molecule has 0 bridgehead atoms. The van der Waals surface area contributed by atoms with Crippen molar-refractivity contribution < 1.29 is 24.5 Å². The van der Waals surface area contributed by atoms with Gasteiger partial charge >= 0.3 is 5.97 Å². The zero-order valence-electron chi connectivity index (χ0n) is 48.9. The Morgan fingerprint density at radius 3 is 1.08 bits per heavy atom. The predicted octanol–water partition coefficient (Wildman–Crippen LogP) is 20.5. The van der Waals surface area contributed by atoms with Crippen molar-refractivity contribution in [1.82, 2.24) is 5.32 Å². The van der Waals surface area contributed by atoms with Crippen LogP contribution < -0.4 is 5.32 Å². The van der Waals surface area contributed by atoms with Gasteiger partial charge in [0.1, 0.15) is 0 Å². The van der Waals surface area contributed by atoms with E-state index in [0.717, 1.165) is 51.4 Å². The van der Waals surface area contributed by atoms with Gasteiger partial charge in [0.15, 0.2) is 0 Å². The second kappa shape index (κ2) is 62.4. The summed E-state index contributed by atoms with van der Waals surface area (Å²) in [5, 5.41) is 23.0. The summed E-state index contributed by atoms with van der Waals surface area (Å²) in [7, 11) is 0. The van der Waals surface area contributed by atoms with Gasteiger partial charge in [0, 0.05) is 12.8 Å². The molecule has 0 saturated carbocycles. The van der Waals surface area contributed by atoms with E-state index in [9.17, 15) is 19.8 Å². The molecule has 0 spiro atoms. The molecule has 73 heavy (non-hydrogen) atoms. The Morgan fingerprint density at radius 1 is 0.384 bits per heavy atom. The highest BCUT2D eigenvalue weighted by Gasteiger charge is 2.18. The van der Waals surface area contributed by atoms with Crippen LogP contribution in [0.15, 0.2) is 48.6 Å². The zero-order valence-corrected chi connectivity index (χ0v) is 48.9. The quantitative estimate of drug-likeness (QED) is 0.0320. The van der Waals surface area contributed by atoms with Crippen molar-refractivity contribution in [3.05, 3.63) is 48.6 Å². The van der Waals surface area contributed by atoms with Gasteiger partial charge in [0.05, 0.1) is 25.4 Å². The molecule has 0 aliphatic heterocycles. The third kappa shape index (κ3) is 58.9. The number of hydrogen-bond acceptors (Lipinski definition) is 5. The van der Waals surface area contributed by atoms with Crippen molar-refractivity contribution in [2.24, 2.45) is 0 Å². The number of rotatable bonds is 60. The fourth-order valence-electron chi connectivity index (χ4n) is 9.84. The van der Waals surface area contributed by atoms with Gasteiger partial charge in [-0.25, -0.2) is 0 Å². The molecule has 2 atom stereocenters. The largest absolute Gasteiger partial charge is 0.466 e. The van der Waals surface area contributed by atoms with Crippen molar-refractivity contribution in [3.8, 4) is 0 Å². The Balaban J connectivity index is 3.36. The van der Waals surface area contributed by atoms with Gasteiger partial charge in [-0.15, -0.1) is 0 Å². The number of allylic oxidation sites excluding steroid dienone is 7. The maximum Gasteiger partial charge on any atom is 0.305 e. The second-order valence-corrected chi connectivity index (χ2v) is 22.1. The first-order chi connectivity index (χ1) is 36.0. The number of carbonyl (C=O) groups excluding carboxylic acids is 2. The summed E-state index contributed by atoms with van der Waals surface area (Å²) in [4.78, 5) is 24.5. The minimum atomic E-state index is -0.841. The molecule has 0 saturated heterocycles. The molecule has 0 aromatic carbocycles. The standard InChI is InChI=1S/C67H125NO5/c1-3-5-7-9-11-13-15-16-34-38-41-45-49-53-57-61-67(72)73-62-58-54-50-46-42-39-36-33-31-29-27-25-23-21-19-17-18-20-22-24-26-28-30-32-35-37-40-44-48-52-56-60-66(71)68-64(63-69)65(70)59-55-51-47-43-14-12-10-8-6-4-2/h11,13,16,19,21,34,55,59,64-65,69-70H,3-10,12,14-15,17-18,20,22-33,35-54,56-58,60-63H2,1-2H3,(H,68,71)/b13-11-,21-19-,34-16-,59-55+. The van der Waals surface area contributed by atoms with E-state index in [1.54, 1.807) is 6.08 Å². The number of carbonyl (C=O) groups is 2. The highest BCUT2D eigenvalue weighted by atomic mass is 16.5. The lowest BCUT2D eigenvalue weighted by molar-refractivity contribution is -0.143. The minimum Gasteiger partial charge on any atom is -0.466 e. The predicted molar refractivity (Wildman–Crippen MR) is 319 cm³/mol. The number of hydrogen-bond donors (Lipinski definition) is 3. The van der Waals surface area contributed by atoms with Gasteiger partial charge < -0.3 is 20.3 Å². The van der Waals surface area contributed by atoms with E-state index in [-0.39, 0.29) is 18.5 Å². The highest BCUT2D eigenvalue weighted by Crippen LogP contribution is 2.17. The van der Waals surface area contributed by atoms with Crippen molar-refractivity contribution in [2.75, 3.05) is 13.2 Å². The molecule has 0 aliphatic rings. The molecule has 0 aromatic heterocycles. The van der Waals surface area contributed by atoms with Crippen molar-refractivity contribution in [2.45, 2.75) is 353 Å². The van der Waals surface area contributed by atoms with Gasteiger partial charge in [-0.1, -0.05) is 287 Å². The molecule has 2 unspecified atom stereocenters.